The van der Waals surface area contributed by atoms with Crippen LogP contribution in [0.5, 0.6) is 0 Å². The topological polar surface area (TPSA) is 63.2 Å². The number of rotatable bonds is 0. The summed E-state index contributed by atoms with van der Waals surface area (Å²) in [5, 5.41) is 0. The maximum atomic E-state index is 8.58. The van der Waals surface area contributed by atoms with Gasteiger partial charge in [0.2, 0.25) is 0 Å². The third-order valence-corrected chi connectivity index (χ3v) is 0. The molecule has 0 aromatic carbocycles. The molecule has 0 amide bonds. The molecule has 3 nitrogen and oxygen atoms in total. The predicted octanol–water partition coefficient (Wildman–Crippen LogP) is -2.92. The van der Waals surface area contributed by atoms with Gasteiger partial charge < -0.3 is 0 Å². The first-order valence-corrected chi connectivity index (χ1v) is 2.52. The maximum Gasteiger partial charge on any atom is -0.0395 e. The molecule has 0 heterocycles. The molecule has 0 fully saturated rings. The summed E-state index contributed by atoms with van der Waals surface area (Å²) in [4.78, 5) is 0. The quantitative estimate of drug-likeness (QED) is 0.286. The van der Waals surface area contributed by atoms with Crippen LogP contribution < -0.4 is 7.38 Å². The Kier molecular flexibility index (Phi) is 25.0. The monoisotopic (exact) mass is 166 g/mol. The fraction of sp³-hybridized carbons (Fsp3) is 0. The Morgan fingerprint density at radius 2 is 1.17 bits per heavy atom. The van der Waals surface area contributed by atoms with E-state index in [0.29, 0.717) is 0 Å². The van der Waals surface area contributed by atoms with Gasteiger partial charge in [0.1, 0.15) is 0 Å². The molecule has 0 aliphatic heterocycles. The molecule has 0 aliphatic rings. The third-order valence-electron chi connectivity index (χ3n) is 0. The molecular weight excluding hydrogens is 158 g/mol. The van der Waals surface area contributed by atoms with Crippen molar-refractivity contribution in [1.82, 2.24) is 0 Å². The van der Waals surface area contributed by atoms with Gasteiger partial charge in [-0.15, -0.1) is 0 Å². The zero-order valence-electron chi connectivity index (χ0n) is 3.72. The molecule has 0 aromatic rings. The van der Waals surface area contributed by atoms with E-state index in [4.69, 9.17) is 10.7 Å². The van der Waals surface area contributed by atoms with E-state index in [2.05, 4.69) is 0 Å². The SMILES string of the molecule is [O]=[Ti]([O-])[O-].[PH4+].[PH4+]. The fourth-order valence-corrected chi connectivity index (χ4v) is 0. The van der Waals surface area contributed by atoms with Crippen LogP contribution in [0.25, 0.3) is 0 Å². The molecule has 40 valence electrons. The van der Waals surface area contributed by atoms with Gasteiger partial charge in [0, 0.05) is 0 Å². The Morgan fingerprint density at radius 1 is 1.17 bits per heavy atom. The van der Waals surface area contributed by atoms with Gasteiger partial charge in [-0.25, -0.2) is 0 Å². The Hall–Kier alpha value is 1.29. The van der Waals surface area contributed by atoms with Crippen molar-refractivity contribution in [2.75, 3.05) is 0 Å². The molecular formula is H8O3P2Ti. The molecule has 0 aromatic heterocycles. The summed E-state index contributed by atoms with van der Waals surface area (Å²) < 4.78 is 25.8. The van der Waals surface area contributed by atoms with Crippen molar-refractivity contribution < 1.29 is 29.3 Å². The summed E-state index contributed by atoms with van der Waals surface area (Å²) in [6, 6.07) is 0. The van der Waals surface area contributed by atoms with Crippen LogP contribution in [-0.2, 0) is 21.9 Å². The van der Waals surface area contributed by atoms with Crippen molar-refractivity contribution in [2.45, 2.75) is 0 Å². The smallest absolute Gasteiger partial charge is 0.0395 e. The second-order valence-electron chi connectivity index (χ2n) is 0.250. The second-order valence-corrected chi connectivity index (χ2v) is 1.03. The predicted molar refractivity (Wildman–Crippen MR) is 25.7 cm³/mol. The van der Waals surface area contributed by atoms with E-state index in [1.54, 1.807) is 0 Å². The van der Waals surface area contributed by atoms with E-state index in [-0.39, 0.29) is 19.8 Å². The van der Waals surface area contributed by atoms with Crippen LogP contribution in [-0.4, -0.2) is 0 Å². The molecule has 0 N–H and O–H groups in total. The van der Waals surface area contributed by atoms with Crippen LogP contribution in [0.4, 0.5) is 0 Å². The van der Waals surface area contributed by atoms with Gasteiger partial charge in [-0.05, 0) is 19.8 Å². The summed E-state index contributed by atoms with van der Waals surface area (Å²) in [5.41, 5.74) is 0. The molecule has 2 unspecified atom stereocenters. The van der Waals surface area contributed by atoms with Crippen LogP contribution in [0.3, 0.4) is 0 Å². The minimum Gasteiger partial charge on any atom is -0.0395 e. The third kappa shape index (κ3) is 58.3. The van der Waals surface area contributed by atoms with Gasteiger partial charge in [0.25, 0.3) is 0 Å². The molecule has 0 spiro atoms. The maximum absolute atomic E-state index is 8.58. The van der Waals surface area contributed by atoms with Crippen molar-refractivity contribution in [3.63, 3.8) is 0 Å². The van der Waals surface area contributed by atoms with Crippen LogP contribution in [0.15, 0.2) is 0 Å². The summed E-state index contributed by atoms with van der Waals surface area (Å²) in [6.07, 6.45) is 0. The van der Waals surface area contributed by atoms with Crippen molar-refractivity contribution in [3.05, 3.63) is 0 Å². The molecule has 0 aliphatic carbocycles. The standard InChI is InChI=1S/3O.2H3P.Ti/h;;;2*1H3;/q;2*-1;;;/p+2. The Balaban J connectivity index is -0.0000000450. The van der Waals surface area contributed by atoms with E-state index in [1.807, 2.05) is 0 Å². The summed E-state index contributed by atoms with van der Waals surface area (Å²) in [5.74, 6) is 0. The van der Waals surface area contributed by atoms with Crippen molar-refractivity contribution >= 4 is 19.8 Å². The minimum atomic E-state index is -4.08. The van der Waals surface area contributed by atoms with E-state index in [9.17, 15) is 0 Å². The summed E-state index contributed by atoms with van der Waals surface area (Å²) in [7, 11) is 0. The van der Waals surface area contributed by atoms with Crippen LogP contribution in [0.1, 0.15) is 0 Å². The van der Waals surface area contributed by atoms with Crippen LogP contribution in [0.2, 0.25) is 0 Å². The Morgan fingerprint density at radius 3 is 1.17 bits per heavy atom. The van der Waals surface area contributed by atoms with Gasteiger partial charge in [0.05, 0.1) is 0 Å². The van der Waals surface area contributed by atoms with Crippen LogP contribution >= 0.6 is 19.8 Å². The van der Waals surface area contributed by atoms with E-state index < -0.39 is 18.6 Å². The number of hydrogen-bond acceptors (Lipinski definition) is 3. The Bertz CT molecular complexity index is 31.8. The molecule has 2 atom stereocenters. The van der Waals surface area contributed by atoms with Crippen molar-refractivity contribution in [3.8, 4) is 0 Å². The minimum absolute atomic E-state index is 0. The summed E-state index contributed by atoms with van der Waals surface area (Å²) >= 11 is -4.08. The molecule has 0 radical (unpaired) electrons. The zero-order valence-corrected chi connectivity index (χ0v) is 9.29. The average molecular weight is 166 g/mol. The first-order valence-electron chi connectivity index (χ1n) is 0.612. The molecule has 0 rings (SSSR count). The van der Waals surface area contributed by atoms with Gasteiger partial charge >= 0.3 is 29.3 Å². The second kappa shape index (κ2) is 9.57. The molecule has 6 heteroatoms. The van der Waals surface area contributed by atoms with Crippen LogP contribution in [0, 0.1) is 0 Å². The van der Waals surface area contributed by atoms with Crippen molar-refractivity contribution in [2.24, 2.45) is 0 Å². The van der Waals surface area contributed by atoms with E-state index in [0.717, 1.165) is 0 Å². The van der Waals surface area contributed by atoms with Gasteiger partial charge in [0.15, 0.2) is 0 Å². The van der Waals surface area contributed by atoms with E-state index >= 15 is 0 Å². The largest absolute Gasteiger partial charge is 0.0395 e. The molecule has 0 bridgehead atoms. The van der Waals surface area contributed by atoms with Crippen molar-refractivity contribution in [1.29, 1.82) is 0 Å². The molecule has 0 saturated heterocycles. The number of hydrogen-bond donors (Lipinski definition) is 0. The fourth-order valence-electron chi connectivity index (χ4n) is 0. The first kappa shape index (κ1) is 15.7. The van der Waals surface area contributed by atoms with Gasteiger partial charge in [-0.3, -0.25) is 0 Å². The van der Waals surface area contributed by atoms with E-state index in [1.165, 1.54) is 0 Å². The zero-order chi connectivity index (χ0) is 3.58. The first-order chi connectivity index (χ1) is 1.73. The normalized spacial score (nSPS) is 4.33. The molecule has 0 saturated carbocycles. The average Bonchev–Trinajstić information content (AvgIpc) is 0.811. The summed E-state index contributed by atoms with van der Waals surface area (Å²) in [6.45, 7) is 0. The van der Waals surface area contributed by atoms with Gasteiger partial charge in [-0.2, -0.15) is 0 Å². The molecule has 6 heavy (non-hydrogen) atoms. The Labute approximate surface area is 49.5 Å². The van der Waals surface area contributed by atoms with Gasteiger partial charge in [-0.1, -0.05) is 0 Å².